The van der Waals surface area contributed by atoms with Crippen LogP contribution in [0.3, 0.4) is 0 Å². The van der Waals surface area contributed by atoms with E-state index in [1.54, 1.807) is 12.1 Å². The number of aryl methyl sites for hydroxylation is 1. The van der Waals surface area contributed by atoms with Crippen LogP contribution in [0.2, 0.25) is 0 Å². The van der Waals surface area contributed by atoms with Crippen LogP contribution in [-0.4, -0.2) is 51.5 Å². The summed E-state index contributed by atoms with van der Waals surface area (Å²) < 4.78 is 37.6. The molecule has 1 aliphatic heterocycles. The van der Waals surface area contributed by atoms with E-state index in [0.29, 0.717) is 43.7 Å². The highest BCUT2D eigenvalue weighted by Crippen LogP contribution is 2.24. The van der Waals surface area contributed by atoms with Gasteiger partial charge >= 0.3 is 0 Å². The van der Waals surface area contributed by atoms with Gasteiger partial charge in [0, 0.05) is 18.8 Å². The predicted molar refractivity (Wildman–Crippen MR) is 115 cm³/mol. The molecule has 0 bridgehead atoms. The molecule has 2 aromatic carbocycles. The maximum absolute atomic E-state index is 12.7. The normalized spacial score (nSPS) is 15.2. The van der Waals surface area contributed by atoms with Gasteiger partial charge < -0.3 is 14.8 Å². The number of carbonyl (C=O) groups excluding carboxylic acids is 1. The maximum Gasteiger partial charge on any atom is 0.262 e. The van der Waals surface area contributed by atoms with Crippen molar-refractivity contribution in [3.05, 3.63) is 53.6 Å². The Morgan fingerprint density at radius 3 is 2.43 bits per heavy atom. The number of ether oxygens (including phenoxy) is 2. The van der Waals surface area contributed by atoms with Gasteiger partial charge in [-0.25, -0.2) is 8.42 Å². The molecule has 0 atom stereocenters. The number of sulfonamides is 1. The Balaban J connectivity index is 1.59. The minimum atomic E-state index is -3.55. The fourth-order valence-electron chi connectivity index (χ4n) is 3.12. The smallest absolute Gasteiger partial charge is 0.262 e. The molecule has 1 saturated heterocycles. The van der Waals surface area contributed by atoms with E-state index in [1.165, 1.54) is 16.4 Å². The van der Waals surface area contributed by atoms with E-state index < -0.39 is 10.0 Å². The second kappa shape index (κ2) is 9.59. The molecule has 1 fully saturated rings. The molecule has 0 aromatic heterocycles. The summed E-state index contributed by atoms with van der Waals surface area (Å²) in [6.07, 6.45) is 0. The number of benzene rings is 2. The first-order valence-electron chi connectivity index (χ1n) is 9.98. The summed E-state index contributed by atoms with van der Waals surface area (Å²) in [6.45, 7) is 7.49. The number of rotatable bonds is 7. The number of amides is 1. The summed E-state index contributed by atoms with van der Waals surface area (Å²) in [5.74, 6) is 0.741. The van der Waals surface area contributed by atoms with Crippen LogP contribution >= 0.6 is 0 Å². The maximum atomic E-state index is 12.7. The zero-order chi connectivity index (χ0) is 21.7. The summed E-state index contributed by atoms with van der Waals surface area (Å²) in [5, 5.41) is 2.73. The molecule has 0 unspecified atom stereocenters. The number of nitrogens with one attached hydrogen (secondary N) is 1. The van der Waals surface area contributed by atoms with E-state index in [4.69, 9.17) is 9.47 Å². The van der Waals surface area contributed by atoms with Crippen molar-refractivity contribution in [3.8, 4) is 5.75 Å². The van der Waals surface area contributed by atoms with E-state index in [-0.39, 0.29) is 17.4 Å². The van der Waals surface area contributed by atoms with Crippen molar-refractivity contribution < 1.29 is 22.7 Å². The SMILES string of the molecule is Cc1ccc(C(C)C)cc1OCC(=O)Nc1ccc(S(=O)(=O)N2CCOCC2)cc1. The van der Waals surface area contributed by atoms with Gasteiger partial charge in [-0.2, -0.15) is 4.31 Å². The van der Waals surface area contributed by atoms with Crippen molar-refractivity contribution in [3.63, 3.8) is 0 Å². The lowest BCUT2D eigenvalue weighted by Gasteiger charge is -2.26. The Morgan fingerprint density at radius 1 is 1.13 bits per heavy atom. The minimum absolute atomic E-state index is 0.129. The molecule has 1 amide bonds. The molecule has 0 radical (unpaired) electrons. The molecule has 1 aliphatic rings. The lowest BCUT2D eigenvalue weighted by atomic mass is 10.0. The van der Waals surface area contributed by atoms with Gasteiger partial charge in [-0.05, 0) is 54.3 Å². The zero-order valence-electron chi connectivity index (χ0n) is 17.6. The van der Waals surface area contributed by atoms with Crippen molar-refractivity contribution >= 4 is 21.6 Å². The van der Waals surface area contributed by atoms with E-state index >= 15 is 0 Å². The molecule has 8 heteroatoms. The number of carbonyl (C=O) groups is 1. The van der Waals surface area contributed by atoms with Gasteiger partial charge in [-0.15, -0.1) is 0 Å². The van der Waals surface area contributed by atoms with Crippen LogP contribution in [0.25, 0.3) is 0 Å². The monoisotopic (exact) mass is 432 g/mol. The molecule has 1 N–H and O–H groups in total. The number of anilines is 1. The number of hydrogen-bond acceptors (Lipinski definition) is 5. The Hall–Kier alpha value is -2.42. The summed E-state index contributed by atoms with van der Waals surface area (Å²) >= 11 is 0. The third-order valence-electron chi connectivity index (χ3n) is 4.98. The first kappa shape index (κ1) is 22.3. The number of morpholine rings is 1. The van der Waals surface area contributed by atoms with E-state index in [0.717, 1.165) is 11.1 Å². The van der Waals surface area contributed by atoms with Crippen molar-refractivity contribution in [2.24, 2.45) is 0 Å². The van der Waals surface area contributed by atoms with Crippen LogP contribution < -0.4 is 10.1 Å². The molecule has 7 nitrogen and oxygen atoms in total. The lowest BCUT2D eigenvalue weighted by Crippen LogP contribution is -2.40. The van der Waals surface area contributed by atoms with Crippen LogP contribution in [0.1, 0.15) is 30.9 Å². The molecule has 3 rings (SSSR count). The van der Waals surface area contributed by atoms with Crippen molar-refractivity contribution in [2.75, 3.05) is 38.2 Å². The van der Waals surface area contributed by atoms with Crippen LogP contribution in [0, 0.1) is 6.92 Å². The molecule has 162 valence electrons. The van der Waals surface area contributed by atoms with Gasteiger partial charge in [0.1, 0.15) is 5.75 Å². The highest BCUT2D eigenvalue weighted by Gasteiger charge is 2.26. The molecule has 2 aromatic rings. The molecule has 1 heterocycles. The summed E-state index contributed by atoms with van der Waals surface area (Å²) in [5.41, 5.74) is 2.62. The first-order chi connectivity index (χ1) is 14.3. The minimum Gasteiger partial charge on any atom is -0.483 e. The Bertz CT molecular complexity index is 981. The molecule has 30 heavy (non-hydrogen) atoms. The lowest BCUT2D eigenvalue weighted by molar-refractivity contribution is -0.118. The standard InChI is InChI=1S/C22H28N2O5S/c1-16(2)18-5-4-17(3)21(14-18)29-15-22(25)23-19-6-8-20(9-7-19)30(26,27)24-10-12-28-13-11-24/h4-9,14,16H,10-13,15H2,1-3H3,(H,23,25). The van der Waals surface area contributed by atoms with Gasteiger partial charge in [-0.1, -0.05) is 26.0 Å². The fraction of sp³-hybridized carbons (Fsp3) is 0.409. The summed E-state index contributed by atoms with van der Waals surface area (Å²) in [6, 6.07) is 12.1. The molecule has 0 spiro atoms. The third-order valence-corrected chi connectivity index (χ3v) is 6.90. The van der Waals surface area contributed by atoms with E-state index in [9.17, 15) is 13.2 Å². The zero-order valence-corrected chi connectivity index (χ0v) is 18.4. The van der Waals surface area contributed by atoms with Crippen LogP contribution in [0.4, 0.5) is 5.69 Å². The average molecular weight is 433 g/mol. The van der Waals surface area contributed by atoms with E-state index in [1.807, 2.05) is 19.1 Å². The molecular weight excluding hydrogens is 404 g/mol. The van der Waals surface area contributed by atoms with Crippen LogP contribution in [0.15, 0.2) is 47.4 Å². The van der Waals surface area contributed by atoms with Crippen molar-refractivity contribution in [1.29, 1.82) is 0 Å². The van der Waals surface area contributed by atoms with Crippen molar-refractivity contribution in [2.45, 2.75) is 31.6 Å². The van der Waals surface area contributed by atoms with Gasteiger partial charge in [0.2, 0.25) is 10.0 Å². The van der Waals surface area contributed by atoms with Crippen LogP contribution in [-0.2, 0) is 19.6 Å². The second-order valence-corrected chi connectivity index (χ2v) is 9.50. The Kier molecular flexibility index (Phi) is 7.12. The summed E-state index contributed by atoms with van der Waals surface area (Å²) in [7, 11) is -3.55. The molecule has 0 aliphatic carbocycles. The molecule has 0 saturated carbocycles. The Morgan fingerprint density at radius 2 is 1.80 bits per heavy atom. The van der Waals surface area contributed by atoms with Gasteiger partial charge in [-0.3, -0.25) is 4.79 Å². The summed E-state index contributed by atoms with van der Waals surface area (Å²) in [4.78, 5) is 12.5. The largest absolute Gasteiger partial charge is 0.483 e. The predicted octanol–water partition coefficient (Wildman–Crippen LogP) is 3.16. The fourth-order valence-corrected chi connectivity index (χ4v) is 4.53. The van der Waals surface area contributed by atoms with E-state index in [2.05, 4.69) is 25.2 Å². The van der Waals surface area contributed by atoms with Crippen molar-refractivity contribution in [1.82, 2.24) is 4.31 Å². The van der Waals surface area contributed by atoms with Gasteiger partial charge in [0.15, 0.2) is 6.61 Å². The highest BCUT2D eigenvalue weighted by atomic mass is 32.2. The van der Waals surface area contributed by atoms with Crippen LogP contribution in [0.5, 0.6) is 5.75 Å². The topological polar surface area (TPSA) is 84.9 Å². The third kappa shape index (κ3) is 5.38. The average Bonchev–Trinajstić information content (AvgIpc) is 2.74. The van der Waals surface area contributed by atoms with Gasteiger partial charge in [0.25, 0.3) is 5.91 Å². The Labute approximate surface area is 178 Å². The highest BCUT2D eigenvalue weighted by molar-refractivity contribution is 7.89. The second-order valence-electron chi connectivity index (χ2n) is 7.56. The number of hydrogen-bond donors (Lipinski definition) is 1. The molecular formula is C22H28N2O5S. The van der Waals surface area contributed by atoms with Gasteiger partial charge in [0.05, 0.1) is 18.1 Å². The number of nitrogens with zero attached hydrogens (tertiary/aromatic N) is 1. The quantitative estimate of drug-likeness (QED) is 0.727. The first-order valence-corrected chi connectivity index (χ1v) is 11.4.